The van der Waals surface area contributed by atoms with Crippen LogP contribution in [0, 0.1) is 13.8 Å². The number of aliphatic carboxylic acids is 1. The van der Waals surface area contributed by atoms with E-state index in [1.165, 1.54) is 0 Å². The van der Waals surface area contributed by atoms with E-state index in [0.29, 0.717) is 12.4 Å². The lowest BCUT2D eigenvalue weighted by atomic mass is 10.1. The monoisotopic (exact) mass is 258 g/mol. The van der Waals surface area contributed by atoms with Crippen molar-refractivity contribution in [2.45, 2.75) is 13.8 Å². The van der Waals surface area contributed by atoms with Crippen LogP contribution in [0.1, 0.15) is 11.1 Å². The van der Waals surface area contributed by atoms with Crippen LogP contribution in [-0.2, 0) is 9.53 Å². The summed E-state index contributed by atoms with van der Waals surface area (Å²) in [5.41, 5.74) is 1.90. The first-order chi connectivity index (χ1) is 8.00. The number of halogens is 1. The molecule has 0 aliphatic carbocycles. The lowest BCUT2D eigenvalue weighted by Gasteiger charge is -2.09. The highest BCUT2D eigenvalue weighted by Crippen LogP contribution is 2.25. The average molecular weight is 259 g/mol. The van der Waals surface area contributed by atoms with Gasteiger partial charge in [-0.25, -0.2) is 4.79 Å². The van der Waals surface area contributed by atoms with E-state index in [1.54, 1.807) is 0 Å². The van der Waals surface area contributed by atoms with E-state index in [1.807, 2.05) is 26.0 Å². The van der Waals surface area contributed by atoms with E-state index in [-0.39, 0.29) is 13.2 Å². The molecule has 0 amide bonds. The number of ether oxygens (including phenoxy) is 2. The van der Waals surface area contributed by atoms with Gasteiger partial charge in [-0.3, -0.25) is 0 Å². The third kappa shape index (κ3) is 4.63. The predicted molar refractivity (Wildman–Crippen MR) is 64.9 cm³/mol. The lowest BCUT2D eigenvalue weighted by Crippen LogP contribution is -2.12. The second-order valence-corrected chi connectivity index (χ2v) is 4.04. The molecule has 5 heteroatoms. The molecule has 17 heavy (non-hydrogen) atoms. The minimum atomic E-state index is -0.983. The molecule has 0 aromatic heterocycles. The molecule has 0 aliphatic rings. The summed E-state index contributed by atoms with van der Waals surface area (Å²) >= 11 is 6.02. The summed E-state index contributed by atoms with van der Waals surface area (Å²) in [6.07, 6.45) is 0. The Hall–Kier alpha value is -1.26. The zero-order valence-corrected chi connectivity index (χ0v) is 10.6. The summed E-state index contributed by atoms with van der Waals surface area (Å²) in [5.74, 6) is -0.272. The van der Waals surface area contributed by atoms with Crippen LogP contribution in [-0.4, -0.2) is 30.9 Å². The molecular formula is C12H15ClO4. The molecule has 0 unspecified atom stereocenters. The van der Waals surface area contributed by atoms with Crippen molar-refractivity contribution >= 4 is 17.6 Å². The van der Waals surface area contributed by atoms with E-state index >= 15 is 0 Å². The van der Waals surface area contributed by atoms with Gasteiger partial charge in [-0.05, 0) is 37.1 Å². The molecule has 1 aromatic rings. The quantitative estimate of drug-likeness (QED) is 0.797. The fourth-order valence-corrected chi connectivity index (χ4v) is 1.48. The molecule has 0 fully saturated rings. The van der Waals surface area contributed by atoms with Gasteiger partial charge >= 0.3 is 5.97 Å². The first kappa shape index (κ1) is 13.8. The average Bonchev–Trinajstić information content (AvgIpc) is 2.25. The number of hydrogen-bond acceptors (Lipinski definition) is 3. The van der Waals surface area contributed by atoms with Crippen LogP contribution in [0.4, 0.5) is 0 Å². The van der Waals surface area contributed by atoms with Crippen LogP contribution >= 0.6 is 11.6 Å². The smallest absolute Gasteiger partial charge is 0.329 e. The molecule has 0 heterocycles. The summed E-state index contributed by atoms with van der Waals surface area (Å²) in [4.78, 5) is 10.2. The second-order valence-electron chi connectivity index (χ2n) is 3.67. The van der Waals surface area contributed by atoms with E-state index in [4.69, 9.17) is 26.2 Å². The van der Waals surface area contributed by atoms with Gasteiger partial charge in [-0.15, -0.1) is 0 Å². The number of carboxylic acids is 1. The molecule has 1 N–H and O–H groups in total. The second kappa shape index (κ2) is 6.47. The Kier molecular flexibility index (Phi) is 5.25. The summed E-state index contributed by atoms with van der Waals surface area (Å²) in [7, 11) is 0. The number of hydrogen-bond donors (Lipinski definition) is 1. The van der Waals surface area contributed by atoms with Crippen molar-refractivity contribution < 1.29 is 19.4 Å². The zero-order chi connectivity index (χ0) is 12.8. The Morgan fingerprint density at radius 3 is 2.41 bits per heavy atom. The van der Waals surface area contributed by atoms with Crippen molar-refractivity contribution in [1.29, 1.82) is 0 Å². The highest BCUT2D eigenvalue weighted by Gasteiger charge is 2.03. The van der Waals surface area contributed by atoms with Crippen molar-refractivity contribution in [3.63, 3.8) is 0 Å². The maximum Gasteiger partial charge on any atom is 0.329 e. The van der Waals surface area contributed by atoms with E-state index in [0.717, 1.165) is 16.1 Å². The summed E-state index contributed by atoms with van der Waals surface area (Å²) < 4.78 is 10.3. The molecule has 94 valence electrons. The van der Waals surface area contributed by atoms with Crippen molar-refractivity contribution in [1.82, 2.24) is 0 Å². The molecule has 0 saturated heterocycles. The Labute approximate surface area is 105 Å². The molecule has 0 saturated carbocycles. The van der Waals surface area contributed by atoms with Gasteiger partial charge in [0, 0.05) is 5.02 Å². The van der Waals surface area contributed by atoms with Gasteiger partial charge in [-0.2, -0.15) is 0 Å². The van der Waals surface area contributed by atoms with Crippen molar-refractivity contribution in [3.8, 4) is 5.75 Å². The third-order valence-electron chi connectivity index (χ3n) is 2.13. The van der Waals surface area contributed by atoms with Crippen LogP contribution in [0.5, 0.6) is 5.75 Å². The van der Waals surface area contributed by atoms with Gasteiger partial charge in [0.25, 0.3) is 0 Å². The molecule has 0 aliphatic heterocycles. The minimum Gasteiger partial charge on any atom is -0.491 e. The molecule has 0 bridgehead atoms. The Bertz CT molecular complexity index is 380. The molecule has 1 rings (SSSR count). The van der Waals surface area contributed by atoms with Gasteiger partial charge in [0.1, 0.15) is 19.0 Å². The maximum absolute atomic E-state index is 10.2. The summed E-state index contributed by atoms with van der Waals surface area (Å²) in [6.45, 7) is 4.06. The first-order valence-electron chi connectivity index (χ1n) is 5.20. The van der Waals surface area contributed by atoms with E-state index < -0.39 is 5.97 Å². The number of rotatable bonds is 6. The Morgan fingerprint density at radius 2 is 1.88 bits per heavy atom. The van der Waals surface area contributed by atoms with Gasteiger partial charge in [0.05, 0.1) is 6.61 Å². The number of aryl methyl sites for hydroxylation is 2. The van der Waals surface area contributed by atoms with Gasteiger partial charge in [0.2, 0.25) is 0 Å². The third-order valence-corrected chi connectivity index (χ3v) is 2.73. The van der Waals surface area contributed by atoms with Crippen molar-refractivity contribution in [3.05, 3.63) is 28.3 Å². The van der Waals surface area contributed by atoms with Gasteiger partial charge in [0.15, 0.2) is 0 Å². The van der Waals surface area contributed by atoms with Crippen molar-refractivity contribution in [2.24, 2.45) is 0 Å². The topological polar surface area (TPSA) is 55.8 Å². The molecular weight excluding hydrogens is 244 g/mol. The van der Waals surface area contributed by atoms with E-state index in [9.17, 15) is 4.79 Å². The standard InChI is InChI=1S/C12H15ClO4/c1-8-5-10(6-9(2)12(8)13)17-4-3-16-7-11(14)15/h5-6H,3-4,7H2,1-2H3,(H,14,15). The molecule has 4 nitrogen and oxygen atoms in total. The minimum absolute atomic E-state index is 0.243. The molecule has 0 spiro atoms. The maximum atomic E-state index is 10.2. The van der Waals surface area contributed by atoms with E-state index in [2.05, 4.69) is 0 Å². The molecule has 0 radical (unpaired) electrons. The van der Waals surface area contributed by atoms with Gasteiger partial charge < -0.3 is 14.6 Å². The summed E-state index contributed by atoms with van der Waals surface area (Å²) in [5, 5.41) is 9.09. The van der Waals surface area contributed by atoms with Crippen LogP contribution < -0.4 is 4.74 Å². The fourth-order valence-electron chi connectivity index (χ4n) is 1.37. The van der Waals surface area contributed by atoms with Crippen LogP contribution in [0.2, 0.25) is 5.02 Å². The first-order valence-corrected chi connectivity index (χ1v) is 5.57. The normalized spacial score (nSPS) is 10.3. The Morgan fingerprint density at radius 1 is 1.29 bits per heavy atom. The van der Waals surface area contributed by atoms with Crippen LogP contribution in [0.3, 0.4) is 0 Å². The number of benzene rings is 1. The number of carboxylic acid groups (broad SMARTS) is 1. The van der Waals surface area contributed by atoms with Crippen LogP contribution in [0.25, 0.3) is 0 Å². The SMILES string of the molecule is Cc1cc(OCCOCC(=O)O)cc(C)c1Cl. The summed E-state index contributed by atoms with van der Waals surface area (Å²) in [6, 6.07) is 3.68. The Balaban J connectivity index is 2.39. The fraction of sp³-hybridized carbons (Fsp3) is 0.417. The predicted octanol–water partition coefficient (Wildman–Crippen LogP) is 2.44. The number of carbonyl (C=O) groups is 1. The van der Waals surface area contributed by atoms with Gasteiger partial charge in [-0.1, -0.05) is 11.6 Å². The zero-order valence-electron chi connectivity index (χ0n) is 9.83. The lowest BCUT2D eigenvalue weighted by molar-refractivity contribution is -0.142. The molecule has 1 aromatic carbocycles. The highest BCUT2D eigenvalue weighted by molar-refractivity contribution is 6.32. The molecule has 0 atom stereocenters. The van der Waals surface area contributed by atoms with Crippen molar-refractivity contribution in [2.75, 3.05) is 19.8 Å². The highest BCUT2D eigenvalue weighted by atomic mass is 35.5. The van der Waals surface area contributed by atoms with Crippen LogP contribution in [0.15, 0.2) is 12.1 Å². The largest absolute Gasteiger partial charge is 0.491 e.